The molecule has 0 saturated carbocycles. The van der Waals surface area contributed by atoms with Crippen molar-refractivity contribution in [1.82, 2.24) is 10.3 Å². The minimum Gasteiger partial charge on any atom is -0.444 e. The molecular weight excluding hydrogens is 258 g/mol. The Morgan fingerprint density at radius 1 is 1.40 bits per heavy atom. The predicted molar refractivity (Wildman–Crippen MR) is 74.5 cm³/mol. The first-order valence-electron chi connectivity index (χ1n) is 6.45. The number of nitro groups is 1. The lowest BCUT2D eigenvalue weighted by atomic mass is 10.1. The molecule has 6 nitrogen and oxygen atoms in total. The summed E-state index contributed by atoms with van der Waals surface area (Å²) in [6, 6.07) is 6.65. The summed E-state index contributed by atoms with van der Waals surface area (Å²) in [7, 11) is 0. The molecule has 0 amide bonds. The number of nitro benzene ring substituents is 1. The van der Waals surface area contributed by atoms with E-state index in [9.17, 15) is 10.1 Å². The van der Waals surface area contributed by atoms with E-state index >= 15 is 0 Å². The van der Waals surface area contributed by atoms with Crippen LogP contribution in [0.25, 0.3) is 0 Å². The maximum atomic E-state index is 10.6. The zero-order chi connectivity index (χ0) is 14.5. The van der Waals surface area contributed by atoms with E-state index < -0.39 is 4.92 Å². The van der Waals surface area contributed by atoms with Gasteiger partial charge in [-0.05, 0) is 32.4 Å². The Hall–Kier alpha value is -2.21. The second kappa shape index (κ2) is 6.29. The molecule has 0 bridgehead atoms. The molecule has 1 atom stereocenters. The number of aryl methyl sites for hydroxylation is 1. The molecule has 0 saturated heterocycles. The SMILES string of the molecule is Cc1cnc(C(C)NCCc2ccc([N+](=O)[O-])cc2)o1. The van der Waals surface area contributed by atoms with Crippen LogP contribution >= 0.6 is 0 Å². The predicted octanol–water partition coefficient (Wildman–Crippen LogP) is 2.78. The van der Waals surface area contributed by atoms with Crippen molar-refractivity contribution in [2.75, 3.05) is 6.54 Å². The third kappa shape index (κ3) is 3.64. The van der Waals surface area contributed by atoms with Gasteiger partial charge in [-0.25, -0.2) is 4.98 Å². The van der Waals surface area contributed by atoms with Crippen molar-refractivity contribution in [2.45, 2.75) is 26.3 Å². The summed E-state index contributed by atoms with van der Waals surface area (Å²) in [4.78, 5) is 14.3. The van der Waals surface area contributed by atoms with E-state index in [1.54, 1.807) is 18.3 Å². The normalized spacial score (nSPS) is 12.3. The molecule has 0 spiro atoms. The Balaban J connectivity index is 1.82. The standard InChI is InChI=1S/C14H17N3O3/c1-10-9-16-14(20-10)11(2)15-8-7-12-3-5-13(6-4-12)17(18)19/h3-6,9,11,15H,7-8H2,1-2H3. The van der Waals surface area contributed by atoms with Crippen LogP contribution in [0.5, 0.6) is 0 Å². The van der Waals surface area contributed by atoms with Gasteiger partial charge in [0, 0.05) is 12.1 Å². The van der Waals surface area contributed by atoms with Crippen LogP contribution in [0.3, 0.4) is 0 Å². The van der Waals surface area contributed by atoms with E-state index in [1.165, 1.54) is 12.1 Å². The van der Waals surface area contributed by atoms with Gasteiger partial charge < -0.3 is 9.73 Å². The van der Waals surface area contributed by atoms with Crippen molar-refractivity contribution >= 4 is 5.69 Å². The van der Waals surface area contributed by atoms with Crippen molar-refractivity contribution < 1.29 is 9.34 Å². The third-order valence-corrected chi connectivity index (χ3v) is 3.02. The Morgan fingerprint density at radius 3 is 2.65 bits per heavy atom. The van der Waals surface area contributed by atoms with Crippen LogP contribution < -0.4 is 5.32 Å². The fourth-order valence-electron chi connectivity index (χ4n) is 1.88. The molecule has 1 heterocycles. The smallest absolute Gasteiger partial charge is 0.269 e. The first kappa shape index (κ1) is 14.2. The Labute approximate surface area is 117 Å². The lowest BCUT2D eigenvalue weighted by molar-refractivity contribution is -0.384. The third-order valence-electron chi connectivity index (χ3n) is 3.02. The van der Waals surface area contributed by atoms with Gasteiger partial charge >= 0.3 is 0 Å². The summed E-state index contributed by atoms with van der Waals surface area (Å²) in [6.45, 7) is 4.60. The van der Waals surface area contributed by atoms with Gasteiger partial charge in [-0.1, -0.05) is 12.1 Å². The summed E-state index contributed by atoms with van der Waals surface area (Å²) in [5.41, 5.74) is 1.17. The fraction of sp³-hybridized carbons (Fsp3) is 0.357. The summed E-state index contributed by atoms with van der Waals surface area (Å²) in [5, 5.41) is 13.9. The lowest BCUT2D eigenvalue weighted by Crippen LogP contribution is -2.21. The van der Waals surface area contributed by atoms with E-state index in [0.717, 1.165) is 24.3 Å². The zero-order valence-corrected chi connectivity index (χ0v) is 11.5. The maximum absolute atomic E-state index is 10.6. The van der Waals surface area contributed by atoms with Gasteiger partial charge in [-0.15, -0.1) is 0 Å². The molecule has 1 unspecified atom stereocenters. The average molecular weight is 275 g/mol. The molecular formula is C14H17N3O3. The van der Waals surface area contributed by atoms with Crippen molar-refractivity contribution in [3.8, 4) is 0 Å². The average Bonchev–Trinajstić information content (AvgIpc) is 2.86. The van der Waals surface area contributed by atoms with E-state index in [2.05, 4.69) is 10.3 Å². The molecule has 2 aromatic rings. The van der Waals surface area contributed by atoms with Crippen LogP contribution in [0.1, 0.15) is 30.2 Å². The molecule has 6 heteroatoms. The van der Waals surface area contributed by atoms with E-state index in [1.807, 2.05) is 13.8 Å². The summed E-state index contributed by atoms with van der Waals surface area (Å²) in [6.07, 6.45) is 2.49. The van der Waals surface area contributed by atoms with Crippen LogP contribution in [-0.4, -0.2) is 16.5 Å². The quantitative estimate of drug-likeness (QED) is 0.647. The number of aromatic nitrogens is 1. The van der Waals surface area contributed by atoms with Gasteiger partial charge in [0.05, 0.1) is 17.2 Å². The van der Waals surface area contributed by atoms with Gasteiger partial charge in [0.1, 0.15) is 5.76 Å². The van der Waals surface area contributed by atoms with E-state index in [-0.39, 0.29) is 11.7 Å². The molecule has 1 aromatic heterocycles. The van der Waals surface area contributed by atoms with Gasteiger partial charge in [-0.2, -0.15) is 0 Å². The first-order chi connectivity index (χ1) is 9.56. The second-order valence-corrected chi connectivity index (χ2v) is 4.66. The highest BCUT2D eigenvalue weighted by Gasteiger charge is 2.10. The second-order valence-electron chi connectivity index (χ2n) is 4.66. The number of non-ortho nitro benzene ring substituents is 1. The highest BCUT2D eigenvalue weighted by atomic mass is 16.6. The van der Waals surface area contributed by atoms with E-state index in [4.69, 9.17) is 4.42 Å². The number of hydrogen-bond donors (Lipinski definition) is 1. The molecule has 0 aliphatic rings. The highest BCUT2D eigenvalue weighted by Crippen LogP contribution is 2.14. The summed E-state index contributed by atoms with van der Waals surface area (Å²) in [5.74, 6) is 1.47. The van der Waals surface area contributed by atoms with Crippen LogP contribution in [0.2, 0.25) is 0 Å². The van der Waals surface area contributed by atoms with Gasteiger partial charge in [0.25, 0.3) is 5.69 Å². The molecule has 0 aliphatic heterocycles. The van der Waals surface area contributed by atoms with Crippen LogP contribution in [0.15, 0.2) is 34.9 Å². The maximum Gasteiger partial charge on any atom is 0.269 e. The number of oxazole rings is 1. The van der Waals surface area contributed by atoms with Crippen molar-refractivity contribution in [3.05, 3.63) is 57.8 Å². The number of hydrogen-bond acceptors (Lipinski definition) is 5. The molecule has 1 N–H and O–H groups in total. The van der Waals surface area contributed by atoms with Crippen molar-refractivity contribution in [3.63, 3.8) is 0 Å². The van der Waals surface area contributed by atoms with Crippen molar-refractivity contribution in [2.24, 2.45) is 0 Å². The highest BCUT2D eigenvalue weighted by molar-refractivity contribution is 5.32. The van der Waals surface area contributed by atoms with Crippen LogP contribution in [0, 0.1) is 17.0 Å². The molecule has 1 aromatic carbocycles. The monoisotopic (exact) mass is 275 g/mol. The van der Waals surface area contributed by atoms with Gasteiger partial charge in [0.15, 0.2) is 0 Å². The number of nitrogens with zero attached hydrogens (tertiary/aromatic N) is 2. The Morgan fingerprint density at radius 2 is 2.10 bits per heavy atom. The fourth-order valence-corrected chi connectivity index (χ4v) is 1.88. The minimum absolute atomic E-state index is 0.0433. The van der Waals surface area contributed by atoms with E-state index in [0.29, 0.717) is 5.89 Å². The molecule has 2 rings (SSSR count). The van der Waals surface area contributed by atoms with Crippen LogP contribution in [0.4, 0.5) is 5.69 Å². The largest absolute Gasteiger partial charge is 0.444 e. The number of nitrogens with one attached hydrogen (secondary N) is 1. The summed E-state index contributed by atoms with van der Waals surface area (Å²) >= 11 is 0. The molecule has 106 valence electrons. The molecule has 0 radical (unpaired) electrons. The Kier molecular flexibility index (Phi) is 4.47. The molecule has 0 aliphatic carbocycles. The van der Waals surface area contributed by atoms with Gasteiger partial charge in [-0.3, -0.25) is 10.1 Å². The Bertz CT molecular complexity index is 578. The number of benzene rings is 1. The molecule has 20 heavy (non-hydrogen) atoms. The topological polar surface area (TPSA) is 81.2 Å². The number of rotatable bonds is 6. The minimum atomic E-state index is -0.394. The van der Waals surface area contributed by atoms with Gasteiger partial charge in [0.2, 0.25) is 5.89 Å². The first-order valence-corrected chi connectivity index (χ1v) is 6.45. The molecule has 0 fully saturated rings. The van der Waals surface area contributed by atoms with Crippen molar-refractivity contribution in [1.29, 1.82) is 0 Å². The lowest BCUT2D eigenvalue weighted by Gasteiger charge is -2.10. The summed E-state index contributed by atoms with van der Waals surface area (Å²) < 4.78 is 5.44. The van der Waals surface area contributed by atoms with Crippen LogP contribution in [-0.2, 0) is 6.42 Å². The zero-order valence-electron chi connectivity index (χ0n) is 11.5.